The average molecular weight is 390 g/mol. The third-order valence-electron chi connectivity index (χ3n) is 3.99. The van der Waals surface area contributed by atoms with Crippen LogP contribution < -0.4 is 5.14 Å². The van der Waals surface area contributed by atoms with Gasteiger partial charge in [0.2, 0.25) is 15.8 Å². The van der Waals surface area contributed by atoms with E-state index in [2.05, 4.69) is 4.98 Å². The molecule has 1 unspecified atom stereocenters. The minimum absolute atomic E-state index is 0.324. The fraction of sp³-hybridized carbons (Fsp3) is 0.111. The smallest absolute Gasteiger partial charge is 0.341 e. The van der Waals surface area contributed by atoms with Gasteiger partial charge in [0.25, 0.3) is 0 Å². The van der Waals surface area contributed by atoms with Gasteiger partial charge in [-0.1, -0.05) is 18.2 Å². The van der Waals surface area contributed by atoms with E-state index in [1.165, 1.54) is 13.1 Å². The van der Waals surface area contributed by atoms with E-state index >= 15 is 0 Å². The Labute approximate surface area is 154 Å². The molecular weight excluding hydrogens is 375 g/mol. The summed E-state index contributed by atoms with van der Waals surface area (Å²) in [5, 5.41) is 5.64. The lowest BCUT2D eigenvalue weighted by Crippen LogP contribution is -2.25. The molecular formula is C18H15FN2O5S. The zero-order chi connectivity index (χ0) is 19.8. The Hall–Kier alpha value is -3.04. The molecule has 2 aromatic carbocycles. The molecule has 0 spiro atoms. The van der Waals surface area contributed by atoms with E-state index in [9.17, 15) is 22.4 Å². The third-order valence-corrected chi connectivity index (χ3v) is 4.91. The molecule has 0 saturated carbocycles. The SMILES string of the molecule is CC(OC(=O)c1cc(S(N)(=O)=O)ccc1F)C(=O)c1c[nH]c2ccccc12. The predicted octanol–water partition coefficient (Wildman–Crippen LogP) is 2.38. The summed E-state index contributed by atoms with van der Waals surface area (Å²) in [5.74, 6) is -2.64. The van der Waals surface area contributed by atoms with Crippen molar-refractivity contribution in [3.05, 3.63) is 65.6 Å². The van der Waals surface area contributed by atoms with Gasteiger partial charge in [-0.05, 0) is 31.2 Å². The van der Waals surface area contributed by atoms with Crippen LogP contribution in [0.15, 0.2) is 53.6 Å². The number of H-pyrrole nitrogens is 1. The first kappa shape index (κ1) is 18.7. The number of para-hydroxylation sites is 1. The van der Waals surface area contributed by atoms with Gasteiger partial charge >= 0.3 is 5.97 Å². The number of nitrogens with two attached hydrogens (primary N) is 1. The molecule has 27 heavy (non-hydrogen) atoms. The van der Waals surface area contributed by atoms with Crippen LogP contribution in [-0.2, 0) is 14.8 Å². The number of nitrogens with one attached hydrogen (secondary N) is 1. The molecule has 0 radical (unpaired) electrons. The number of halogens is 1. The Morgan fingerprint density at radius 3 is 2.56 bits per heavy atom. The first-order valence-electron chi connectivity index (χ1n) is 7.82. The fourth-order valence-electron chi connectivity index (χ4n) is 2.61. The van der Waals surface area contributed by atoms with Gasteiger partial charge in [-0.25, -0.2) is 22.7 Å². The molecule has 1 heterocycles. The van der Waals surface area contributed by atoms with Crippen molar-refractivity contribution in [1.82, 2.24) is 4.98 Å². The molecule has 7 nitrogen and oxygen atoms in total. The average Bonchev–Trinajstić information content (AvgIpc) is 3.04. The van der Waals surface area contributed by atoms with E-state index in [-0.39, 0.29) is 0 Å². The number of sulfonamides is 1. The highest BCUT2D eigenvalue weighted by Gasteiger charge is 2.25. The number of fused-ring (bicyclic) bond motifs is 1. The van der Waals surface area contributed by atoms with Crippen LogP contribution in [0.3, 0.4) is 0 Å². The van der Waals surface area contributed by atoms with Crippen LogP contribution in [0.5, 0.6) is 0 Å². The molecule has 140 valence electrons. The van der Waals surface area contributed by atoms with Crippen molar-refractivity contribution in [2.75, 3.05) is 0 Å². The largest absolute Gasteiger partial charge is 0.451 e. The number of carbonyl (C=O) groups is 2. The minimum atomic E-state index is -4.13. The van der Waals surface area contributed by atoms with Crippen LogP contribution in [0.2, 0.25) is 0 Å². The molecule has 0 fully saturated rings. The number of ether oxygens (including phenoxy) is 1. The fourth-order valence-corrected chi connectivity index (χ4v) is 3.15. The van der Waals surface area contributed by atoms with Gasteiger partial charge in [0, 0.05) is 22.7 Å². The standard InChI is InChI=1S/C18H15FN2O5S/c1-10(17(22)14-9-21-16-5-3-2-4-12(14)16)26-18(23)13-8-11(27(20,24)25)6-7-15(13)19/h2-10,21H,1H3,(H2,20,24,25). The number of hydrogen-bond acceptors (Lipinski definition) is 5. The number of carbonyl (C=O) groups excluding carboxylic acids is 2. The number of aromatic amines is 1. The summed E-state index contributed by atoms with van der Waals surface area (Å²) in [5.41, 5.74) is 0.441. The zero-order valence-corrected chi connectivity index (χ0v) is 14.9. The summed E-state index contributed by atoms with van der Waals surface area (Å²) in [6, 6.07) is 9.59. The minimum Gasteiger partial charge on any atom is -0.451 e. The lowest BCUT2D eigenvalue weighted by Gasteiger charge is -2.13. The number of ketones is 1. The Kier molecular flexibility index (Phi) is 4.81. The van der Waals surface area contributed by atoms with E-state index < -0.39 is 44.2 Å². The molecule has 0 aliphatic carbocycles. The summed E-state index contributed by atoms with van der Waals surface area (Å²) in [7, 11) is -4.13. The number of esters is 1. The van der Waals surface area contributed by atoms with Gasteiger partial charge in [-0.15, -0.1) is 0 Å². The van der Waals surface area contributed by atoms with Gasteiger partial charge < -0.3 is 9.72 Å². The van der Waals surface area contributed by atoms with E-state index in [1.807, 2.05) is 0 Å². The summed E-state index contributed by atoms with van der Waals surface area (Å²) in [6.07, 6.45) is 0.286. The highest BCUT2D eigenvalue weighted by molar-refractivity contribution is 7.89. The van der Waals surface area contributed by atoms with Crippen LogP contribution in [0, 0.1) is 5.82 Å². The number of hydrogen-bond donors (Lipinski definition) is 2. The summed E-state index contributed by atoms with van der Waals surface area (Å²) >= 11 is 0. The van der Waals surface area contributed by atoms with Crippen molar-refractivity contribution in [3.8, 4) is 0 Å². The maximum atomic E-state index is 13.9. The van der Waals surface area contributed by atoms with Crippen LogP contribution in [0.25, 0.3) is 10.9 Å². The lowest BCUT2D eigenvalue weighted by molar-refractivity contribution is 0.0314. The predicted molar refractivity (Wildman–Crippen MR) is 95.3 cm³/mol. The van der Waals surface area contributed by atoms with E-state index in [0.717, 1.165) is 23.7 Å². The van der Waals surface area contributed by atoms with Crippen LogP contribution in [0.1, 0.15) is 27.6 Å². The molecule has 3 rings (SSSR count). The second kappa shape index (κ2) is 6.93. The maximum absolute atomic E-state index is 13.9. The van der Waals surface area contributed by atoms with E-state index in [0.29, 0.717) is 10.9 Å². The quantitative estimate of drug-likeness (QED) is 0.512. The van der Waals surface area contributed by atoms with Gasteiger partial charge in [0.05, 0.1) is 10.5 Å². The number of benzene rings is 2. The van der Waals surface area contributed by atoms with Gasteiger partial charge in [0.15, 0.2) is 6.10 Å². The normalized spacial score (nSPS) is 12.7. The first-order chi connectivity index (χ1) is 12.7. The summed E-state index contributed by atoms with van der Waals surface area (Å²) < 4.78 is 41.7. The van der Waals surface area contributed by atoms with Gasteiger partial charge in [-0.2, -0.15) is 0 Å². The van der Waals surface area contributed by atoms with E-state index in [4.69, 9.17) is 9.88 Å². The van der Waals surface area contributed by atoms with E-state index in [1.54, 1.807) is 24.3 Å². The summed E-state index contributed by atoms with van der Waals surface area (Å²) in [6.45, 7) is 1.35. The monoisotopic (exact) mass is 390 g/mol. The molecule has 0 amide bonds. The highest BCUT2D eigenvalue weighted by Crippen LogP contribution is 2.21. The van der Waals surface area contributed by atoms with Crippen molar-refractivity contribution in [1.29, 1.82) is 0 Å². The molecule has 1 atom stereocenters. The van der Waals surface area contributed by atoms with Gasteiger partial charge in [-0.3, -0.25) is 4.79 Å². The Bertz CT molecular complexity index is 1150. The maximum Gasteiger partial charge on any atom is 0.341 e. The molecule has 1 aromatic heterocycles. The van der Waals surface area contributed by atoms with Crippen molar-refractivity contribution < 1.29 is 27.1 Å². The number of aromatic nitrogens is 1. The molecule has 0 saturated heterocycles. The molecule has 9 heteroatoms. The van der Waals surface area contributed by atoms with Crippen molar-refractivity contribution in [2.45, 2.75) is 17.9 Å². The Morgan fingerprint density at radius 2 is 1.85 bits per heavy atom. The lowest BCUT2D eigenvalue weighted by atomic mass is 10.1. The molecule has 0 aliphatic heterocycles. The van der Waals surface area contributed by atoms with Crippen molar-refractivity contribution in [3.63, 3.8) is 0 Å². The van der Waals surface area contributed by atoms with Crippen molar-refractivity contribution in [2.24, 2.45) is 5.14 Å². The van der Waals surface area contributed by atoms with Gasteiger partial charge in [0.1, 0.15) is 5.82 Å². The Morgan fingerprint density at radius 1 is 1.15 bits per heavy atom. The molecule has 0 bridgehead atoms. The molecule has 3 aromatic rings. The first-order valence-corrected chi connectivity index (χ1v) is 9.37. The second-order valence-electron chi connectivity index (χ2n) is 5.85. The third kappa shape index (κ3) is 3.74. The zero-order valence-electron chi connectivity index (χ0n) is 14.1. The van der Waals surface area contributed by atoms with Crippen LogP contribution in [0.4, 0.5) is 4.39 Å². The summed E-state index contributed by atoms with van der Waals surface area (Å²) in [4.78, 5) is 27.3. The number of primary sulfonamides is 1. The highest BCUT2D eigenvalue weighted by atomic mass is 32.2. The number of rotatable bonds is 5. The number of Topliss-reactive ketones (excluding diaryl/α,β-unsaturated/α-hetero) is 1. The van der Waals surface area contributed by atoms with Crippen LogP contribution in [-0.4, -0.2) is 31.3 Å². The topological polar surface area (TPSA) is 119 Å². The Balaban J connectivity index is 1.85. The van der Waals surface area contributed by atoms with Crippen LogP contribution >= 0.6 is 0 Å². The second-order valence-corrected chi connectivity index (χ2v) is 7.41. The van der Waals surface area contributed by atoms with Crippen molar-refractivity contribution >= 4 is 32.7 Å². The molecule has 0 aliphatic rings. The molecule has 3 N–H and O–H groups in total.